The van der Waals surface area contributed by atoms with E-state index >= 15 is 0 Å². The van der Waals surface area contributed by atoms with E-state index in [1.165, 1.54) is 11.3 Å². The number of methoxy groups -OCH3 is 1. The average Bonchev–Trinajstić information content (AvgIpc) is 3.52. The molecule has 0 unspecified atom stereocenters. The molecule has 2 aliphatic rings. The van der Waals surface area contributed by atoms with Crippen LogP contribution in [-0.2, 0) is 9.53 Å². The van der Waals surface area contributed by atoms with Crippen molar-refractivity contribution in [3.63, 3.8) is 0 Å². The molecule has 0 bridgehead atoms. The highest BCUT2D eigenvalue weighted by Gasteiger charge is 2.35. The second-order valence-corrected chi connectivity index (χ2v) is 8.76. The predicted octanol–water partition coefficient (Wildman–Crippen LogP) is 2.55. The molecule has 0 radical (unpaired) electrons. The minimum absolute atomic E-state index is 0.0432. The van der Waals surface area contributed by atoms with Crippen LogP contribution in [0.1, 0.15) is 34.1 Å². The van der Waals surface area contributed by atoms with E-state index in [1.54, 1.807) is 12.0 Å². The van der Waals surface area contributed by atoms with Crippen LogP contribution in [0.15, 0.2) is 41.8 Å². The summed E-state index contributed by atoms with van der Waals surface area (Å²) in [5.41, 5.74) is 1.13. The van der Waals surface area contributed by atoms with E-state index in [0.29, 0.717) is 37.6 Å². The molecule has 0 spiro atoms. The minimum atomic E-state index is -0.407. The summed E-state index contributed by atoms with van der Waals surface area (Å²) < 4.78 is 10.8. The van der Waals surface area contributed by atoms with Gasteiger partial charge in [-0.2, -0.15) is 0 Å². The average molecular weight is 444 g/mol. The summed E-state index contributed by atoms with van der Waals surface area (Å²) in [5, 5.41) is 5.03. The van der Waals surface area contributed by atoms with Gasteiger partial charge in [0.25, 0.3) is 5.91 Å². The van der Waals surface area contributed by atoms with Crippen LogP contribution in [0.5, 0.6) is 5.75 Å². The SMILES string of the molecule is COc1ccc([C@H](CNC(=O)[C@@H]2CCCN2C(=O)c2cccs2)N2CCOCC2)cc1. The summed E-state index contributed by atoms with van der Waals surface area (Å²) in [4.78, 5) is 30.6. The van der Waals surface area contributed by atoms with E-state index < -0.39 is 6.04 Å². The van der Waals surface area contributed by atoms with Crippen molar-refractivity contribution in [1.29, 1.82) is 0 Å². The van der Waals surface area contributed by atoms with Gasteiger partial charge in [0.15, 0.2) is 0 Å². The first-order valence-electron chi connectivity index (χ1n) is 10.8. The van der Waals surface area contributed by atoms with Gasteiger partial charge in [0, 0.05) is 26.2 Å². The largest absolute Gasteiger partial charge is 0.497 e. The number of carbonyl (C=O) groups is 2. The molecular formula is C23H29N3O4S. The zero-order valence-corrected chi connectivity index (χ0v) is 18.6. The molecule has 1 N–H and O–H groups in total. The smallest absolute Gasteiger partial charge is 0.264 e. The van der Waals surface area contributed by atoms with Crippen molar-refractivity contribution in [3.8, 4) is 5.75 Å². The van der Waals surface area contributed by atoms with E-state index in [1.807, 2.05) is 41.8 Å². The van der Waals surface area contributed by atoms with Gasteiger partial charge in [-0.05, 0) is 42.0 Å². The van der Waals surface area contributed by atoms with Crippen molar-refractivity contribution >= 4 is 23.2 Å². The summed E-state index contributed by atoms with van der Waals surface area (Å²) in [6.45, 7) is 4.12. The number of ether oxygens (including phenoxy) is 2. The number of hydrogen-bond donors (Lipinski definition) is 1. The number of amides is 2. The van der Waals surface area contributed by atoms with Crippen LogP contribution in [0.4, 0.5) is 0 Å². The Morgan fingerprint density at radius 3 is 2.65 bits per heavy atom. The molecule has 2 amide bonds. The Balaban J connectivity index is 1.44. The Bertz CT molecular complexity index is 865. The maximum Gasteiger partial charge on any atom is 0.264 e. The van der Waals surface area contributed by atoms with Gasteiger partial charge >= 0.3 is 0 Å². The van der Waals surface area contributed by atoms with Crippen LogP contribution in [0.2, 0.25) is 0 Å². The summed E-state index contributed by atoms with van der Waals surface area (Å²) >= 11 is 1.42. The third-order valence-electron chi connectivity index (χ3n) is 6.00. The standard InChI is InChI=1S/C23H29N3O4S/c1-29-18-8-6-17(7-9-18)20(25-11-13-30-14-12-25)16-24-22(27)19-4-2-10-26(19)23(28)21-5-3-15-31-21/h3,5-9,15,19-20H,2,4,10-14,16H2,1H3,(H,24,27)/t19-,20-/m0/s1. The lowest BCUT2D eigenvalue weighted by Gasteiger charge is -2.35. The van der Waals surface area contributed by atoms with Crippen LogP contribution < -0.4 is 10.1 Å². The fourth-order valence-electron chi connectivity index (χ4n) is 4.31. The Morgan fingerprint density at radius 2 is 1.97 bits per heavy atom. The number of carbonyl (C=O) groups excluding carboxylic acids is 2. The molecule has 2 saturated heterocycles. The lowest BCUT2D eigenvalue weighted by atomic mass is 10.0. The number of benzene rings is 1. The molecule has 2 fully saturated rings. The minimum Gasteiger partial charge on any atom is -0.497 e. The Morgan fingerprint density at radius 1 is 1.19 bits per heavy atom. The molecule has 2 atom stereocenters. The van der Waals surface area contributed by atoms with Gasteiger partial charge < -0.3 is 19.7 Å². The van der Waals surface area contributed by atoms with Gasteiger partial charge in [-0.1, -0.05) is 18.2 Å². The van der Waals surface area contributed by atoms with Gasteiger partial charge in [0.05, 0.1) is 31.2 Å². The fourth-order valence-corrected chi connectivity index (χ4v) is 4.99. The van der Waals surface area contributed by atoms with E-state index in [0.717, 1.165) is 30.8 Å². The number of rotatable bonds is 7. The second kappa shape index (κ2) is 10.3. The van der Waals surface area contributed by atoms with E-state index in [4.69, 9.17) is 9.47 Å². The molecule has 8 heteroatoms. The van der Waals surface area contributed by atoms with Crippen LogP contribution in [0.3, 0.4) is 0 Å². The third-order valence-corrected chi connectivity index (χ3v) is 6.86. The first-order chi connectivity index (χ1) is 15.2. The molecule has 2 aliphatic heterocycles. The lowest BCUT2D eigenvalue weighted by Crippen LogP contribution is -2.49. The Hall–Kier alpha value is -2.42. The zero-order chi connectivity index (χ0) is 21.6. The van der Waals surface area contributed by atoms with Crippen molar-refractivity contribution in [3.05, 3.63) is 52.2 Å². The number of morpholine rings is 1. The van der Waals surface area contributed by atoms with Crippen LogP contribution in [0, 0.1) is 0 Å². The number of thiophene rings is 1. The molecule has 1 aromatic heterocycles. The molecule has 31 heavy (non-hydrogen) atoms. The molecular weight excluding hydrogens is 414 g/mol. The van der Waals surface area contributed by atoms with E-state index in [-0.39, 0.29) is 17.9 Å². The van der Waals surface area contributed by atoms with Gasteiger partial charge in [-0.25, -0.2) is 0 Å². The lowest BCUT2D eigenvalue weighted by molar-refractivity contribution is -0.125. The monoisotopic (exact) mass is 443 g/mol. The quantitative estimate of drug-likeness (QED) is 0.712. The normalized spacial score (nSPS) is 20.4. The number of likely N-dealkylation sites (tertiary alicyclic amines) is 1. The Labute approximate surface area is 186 Å². The number of nitrogens with one attached hydrogen (secondary N) is 1. The van der Waals surface area contributed by atoms with Crippen LogP contribution >= 0.6 is 11.3 Å². The van der Waals surface area contributed by atoms with E-state index in [9.17, 15) is 9.59 Å². The van der Waals surface area contributed by atoms with Crippen LogP contribution in [-0.4, -0.2) is 74.2 Å². The van der Waals surface area contributed by atoms with Crippen LogP contribution in [0.25, 0.3) is 0 Å². The molecule has 7 nitrogen and oxygen atoms in total. The Kier molecular flexibility index (Phi) is 7.21. The first kappa shape index (κ1) is 21.8. The molecule has 0 saturated carbocycles. The molecule has 0 aliphatic carbocycles. The highest BCUT2D eigenvalue weighted by Crippen LogP contribution is 2.25. The van der Waals surface area contributed by atoms with Gasteiger partial charge in [0.1, 0.15) is 11.8 Å². The highest BCUT2D eigenvalue weighted by atomic mass is 32.1. The molecule has 166 valence electrons. The van der Waals surface area contributed by atoms with Crippen molar-refractivity contribution in [2.45, 2.75) is 24.9 Å². The summed E-state index contributed by atoms with van der Waals surface area (Å²) in [6.07, 6.45) is 1.55. The summed E-state index contributed by atoms with van der Waals surface area (Å²) in [7, 11) is 1.65. The van der Waals surface area contributed by atoms with Gasteiger partial charge in [0.2, 0.25) is 5.91 Å². The second-order valence-electron chi connectivity index (χ2n) is 7.82. The predicted molar refractivity (Wildman–Crippen MR) is 120 cm³/mol. The summed E-state index contributed by atoms with van der Waals surface area (Å²) in [6, 6.07) is 11.3. The van der Waals surface area contributed by atoms with Crippen molar-refractivity contribution < 1.29 is 19.1 Å². The molecule has 4 rings (SSSR count). The van der Waals surface area contributed by atoms with E-state index in [2.05, 4.69) is 10.2 Å². The van der Waals surface area contributed by atoms with Gasteiger partial charge in [-0.15, -0.1) is 11.3 Å². The zero-order valence-electron chi connectivity index (χ0n) is 17.8. The maximum absolute atomic E-state index is 13.1. The molecule has 2 aromatic rings. The number of hydrogen-bond acceptors (Lipinski definition) is 6. The van der Waals surface area contributed by atoms with Gasteiger partial charge in [-0.3, -0.25) is 14.5 Å². The molecule has 3 heterocycles. The fraction of sp³-hybridized carbons (Fsp3) is 0.478. The third kappa shape index (κ3) is 5.08. The van der Waals surface area contributed by atoms with Crippen molar-refractivity contribution in [2.75, 3.05) is 46.5 Å². The first-order valence-corrected chi connectivity index (χ1v) is 11.6. The maximum atomic E-state index is 13.1. The van der Waals surface area contributed by atoms with Crippen molar-refractivity contribution in [1.82, 2.24) is 15.1 Å². The summed E-state index contributed by atoms with van der Waals surface area (Å²) in [5.74, 6) is 0.684. The molecule has 1 aromatic carbocycles. The highest BCUT2D eigenvalue weighted by molar-refractivity contribution is 7.12. The van der Waals surface area contributed by atoms with Crippen molar-refractivity contribution in [2.24, 2.45) is 0 Å². The number of nitrogens with zero attached hydrogens (tertiary/aromatic N) is 2. The topological polar surface area (TPSA) is 71.1 Å².